The van der Waals surface area contributed by atoms with Crippen LogP contribution in [0.4, 0.5) is 26.3 Å². The molecule has 182 valence electrons. The first-order valence-electron chi connectivity index (χ1n) is 8.68. The van der Waals surface area contributed by atoms with Gasteiger partial charge in [-0.15, -0.1) is 0 Å². The number of aromatic nitrogens is 1. The molecule has 0 saturated heterocycles. The van der Waals surface area contributed by atoms with Crippen LogP contribution >= 0.6 is 0 Å². The van der Waals surface area contributed by atoms with Gasteiger partial charge in [0.15, 0.2) is 12.4 Å². The van der Waals surface area contributed by atoms with E-state index >= 15 is 0 Å². The number of aryl methyl sites for hydroxylation is 2. The van der Waals surface area contributed by atoms with E-state index in [1.165, 1.54) is 5.56 Å². The molecule has 0 aromatic carbocycles. The fourth-order valence-corrected chi connectivity index (χ4v) is 3.80. The van der Waals surface area contributed by atoms with Crippen molar-refractivity contribution in [2.75, 3.05) is 13.2 Å². The van der Waals surface area contributed by atoms with Gasteiger partial charge in [0.05, 0.1) is 0 Å². The molecular weight excluding hydrogens is 482 g/mol. The number of unbranched alkanes of at least 4 members (excludes halogenated alkanes) is 2. The van der Waals surface area contributed by atoms with Crippen LogP contribution in [-0.4, -0.2) is 51.3 Å². The number of alkyl halides is 6. The molecule has 0 bridgehead atoms. The van der Waals surface area contributed by atoms with Crippen molar-refractivity contribution in [2.45, 2.75) is 49.7 Å². The first-order chi connectivity index (χ1) is 14.1. The predicted molar refractivity (Wildman–Crippen MR) is 96.1 cm³/mol. The molecule has 16 heteroatoms. The van der Waals surface area contributed by atoms with Crippen molar-refractivity contribution >= 4 is 20.0 Å². The molecule has 0 unspecified atom stereocenters. The molecule has 3 N–H and O–H groups in total. The van der Waals surface area contributed by atoms with Crippen molar-refractivity contribution in [1.29, 1.82) is 0 Å². The summed E-state index contributed by atoms with van der Waals surface area (Å²) in [5, 5.41) is 17.4. The lowest BCUT2D eigenvalue weighted by atomic mass is 10.1. The van der Waals surface area contributed by atoms with Crippen LogP contribution in [0.2, 0.25) is 0 Å². The molecule has 1 heterocycles. The van der Waals surface area contributed by atoms with E-state index in [9.17, 15) is 43.2 Å². The number of nitrogens with zero attached hydrogens (tertiary/aromatic N) is 1. The van der Waals surface area contributed by atoms with Crippen molar-refractivity contribution in [3.8, 4) is 0 Å². The van der Waals surface area contributed by atoms with Crippen LogP contribution in [0.3, 0.4) is 0 Å². The molecule has 0 aliphatic carbocycles. The van der Waals surface area contributed by atoms with Crippen LogP contribution in [0, 0.1) is 0 Å². The van der Waals surface area contributed by atoms with Gasteiger partial charge >= 0.3 is 31.1 Å². The zero-order valence-electron chi connectivity index (χ0n) is 16.0. The second-order valence-corrected chi connectivity index (χ2v) is 9.64. The third-order valence-electron chi connectivity index (χ3n) is 3.49. The monoisotopic (exact) mass is 505 g/mol. The third-order valence-corrected chi connectivity index (χ3v) is 6.46. The quantitative estimate of drug-likeness (QED) is 0.251. The first-order valence-corrected chi connectivity index (χ1v) is 11.6. The molecular formula is C15H23F6N2O6S2+. The van der Waals surface area contributed by atoms with Crippen molar-refractivity contribution < 1.29 is 58.0 Å². The molecule has 0 spiro atoms. The second-order valence-electron chi connectivity index (χ2n) is 6.04. The Balaban J connectivity index is 0.000000582. The van der Waals surface area contributed by atoms with Gasteiger partial charge in [-0.3, -0.25) is 0 Å². The number of hydrogen-bond acceptors (Lipinski definition) is 6. The minimum Gasteiger partial charge on any atom is -0.396 e. The Hall–Kier alpha value is -1.49. The summed E-state index contributed by atoms with van der Waals surface area (Å²) >= 11 is 0. The van der Waals surface area contributed by atoms with Gasteiger partial charge in [0.2, 0.25) is 0 Å². The zero-order chi connectivity index (χ0) is 24.3. The summed E-state index contributed by atoms with van der Waals surface area (Å²) in [6.07, 6.45) is 9.03. The highest BCUT2D eigenvalue weighted by Crippen LogP contribution is 2.27. The van der Waals surface area contributed by atoms with E-state index < -0.39 is 35.2 Å². The van der Waals surface area contributed by atoms with E-state index in [1.54, 1.807) is 0 Å². The molecule has 8 nitrogen and oxygen atoms in total. The Kier molecular flexibility index (Phi) is 11.9. The summed E-state index contributed by atoms with van der Waals surface area (Å²) in [4.78, 5) is 0. The minimum atomic E-state index is -6.60. The van der Waals surface area contributed by atoms with E-state index in [-0.39, 0.29) is 13.2 Å². The van der Waals surface area contributed by atoms with Crippen LogP contribution in [-0.2, 0) is 33.0 Å². The number of pyridine rings is 1. The maximum absolute atomic E-state index is 11.5. The predicted octanol–water partition coefficient (Wildman–Crippen LogP) is 1.34. The second kappa shape index (κ2) is 12.5. The number of sulfonamides is 2. The standard InChI is InChI=1S/C13H22NO2.C2HF6NO4S2/c15-11-3-1-5-13-6-9-14(10-7-13)8-2-4-12-16;3-1(4,5)14(10,11)9-15(12,13)2(6,7)8/h6-7,9-10,15-16H,1-5,8,11-12H2;9H/q+1;. The topological polar surface area (TPSA) is 125 Å². The fourth-order valence-electron chi connectivity index (χ4n) is 1.89. The highest BCUT2D eigenvalue weighted by Gasteiger charge is 2.55. The smallest absolute Gasteiger partial charge is 0.396 e. The largest absolute Gasteiger partial charge is 0.512 e. The Morgan fingerprint density at radius 1 is 0.774 bits per heavy atom. The zero-order valence-corrected chi connectivity index (χ0v) is 17.7. The Morgan fingerprint density at radius 3 is 1.58 bits per heavy atom. The maximum atomic E-state index is 11.5. The number of halogens is 6. The van der Waals surface area contributed by atoms with Crippen LogP contribution < -0.4 is 8.69 Å². The normalized spacial score (nSPS) is 12.9. The molecule has 0 aliphatic heterocycles. The van der Waals surface area contributed by atoms with Crippen LogP contribution in [0.5, 0.6) is 0 Å². The van der Waals surface area contributed by atoms with Gasteiger partial charge in [-0.1, -0.05) is 4.13 Å². The van der Waals surface area contributed by atoms with E-state index in [0.29, 0.717) is 0 Å². The Labute approximate surface area is 175 Å². The molecule has 0 fully saturated rings. The van der Waals surface area contributed by atoms with Gasteiger partial charge in [-0.2, -0.15) is 26.3 Å². The fraction of sp³-hybridized carbons (Fsp3) is 0.667. The summed E-state index contributed by atoms with van der Waals surface area (Å²) in [6.45, 7) is 1.53. The number of aliphatic hydroxyl groups excluding tert-OH is 2. The van der Waals surface area contributed by atoms with Gasteiger partial charge in [0.25, 0.3) is 0 Å². The molecule has 1 aromatic heterocycles. The molecule has 0 atom stereocenters. The number of nitrogens with one attached hydrogen (secondary N) is 1. The molecule has 1 rings (SSSR count). The Morgan fingerprint density at radius 2 is 1.19 bits per heavy atom. The lowest BCUT2D eigenvalue weighted by Gasteiger charge is -2.11. The molecule has 31 heavy (non-hydrogen) atoms. The van der Waals surface area contributed by atoms with Crippen LogP contribution in [0.25, 0.3) is 0 Å². The van der Waals surface area contributed by atoms with Crippen molar-refractivity contribution in [1.82, 2.24) is 4.13 Å². The van der Waals surface area contributed by atoms with Crippen molar-refractivity contribution in [3.05, 3.63) is 30.1 Å². The van der Waals surface area contributed by atoms with E-state index in [0.717, 1.165) is 38.6 Å². The van der Waals surface area contributed by atoms with E-state index in [1.807, 2.05) is 0 Å². The van der Waals surface area contributed by atoms with Gasteiger partial charge < -0.3 is 10.2 Å². The summed E-state index contributed by atoms with van der Waals surface area (Å²) < 4.78 is 110. The highest BCUT2D eigenvalue weighted by atomic mass is 32.3. The van der Waals surface area contributed by atoms with Gasteiger partial charge in [-0.05, 0) is 31.2 Å². The van der Waals surface area contributed by atoms with Gasteiger partial charge in [0, 0.05) is 31.8 Å². The third kappa shape index (κ3) is 11.1. The molecule has 0 radical (unpaired) electrons. The minimum absolute atomic E-state index is 0.278. The summed E-state index contributed by atoms with van der Waals surface area (Å²) in [5.41, 5.74) is -11.0. The highest BCUT2D eigenvalue weighted by molar-refractivity contribution is 8.05. The summed E-state index contributed by atoms with van der Waals surface area (Å²) in [6, 6.07) is 4.27. The average molecular weight is 505 g/mol. The molecule has 0 amide bonds. The lowest BCUT2D eigenvalue weighted by molar-refractivity contribution is -0.697. The maximum Gasteiger partial charge on any atom is 0.512 e. The summed E-state index contributed by atoms with van der Waals surface area (Å²) in [7, 11) is -13.2. The number of aliphatic hydroxyl groups is 2. The molecule has 0 aliphatic rings. The van der Waals surface area contributed by atoms with Crippen LogP contribution in [0.15, 0.2) is 24.5 Å². The summed E-state index contributed by atoms with van der Waals surface area (Å²) in [5.74, 6) is 0. The SMILES string of the molecule is O=S(=O)(NS(=O)(=O)C(F)(F)F)C(F)(F)F.OCCCCc1cc[n+](CCCCO)cc1. The van der Waals surface area contributed by atoms with Crippen LogP contribution in [0.1, 0.15) is 31.2 Å². The lowest BCUT2D eigenvalue weighted by Crippen LogP contribution is -2.45. The molecule has 1 aromatic rings. The first kappa shape index (κ1) is 29.5. The van der Waals surface area contributed by atoms with Gasteiger partial charge in [-0.25, -0.2) is 21.4 Å². The van der Waals surface area contributed by atoms with E-state index in [2.05, 4.69) is 29.1 Å². The van der Waals surface area contributed by atoms with Crippen molar-refractivity contribution in [2.24, 2.45) is 0 Å². The van der Waals surface area contributed by atoms with Gasteiger partial charge in [0.1, 0.15) is 6.54 Å². The number of hydrogen-bond donors (Lipinski definition) is 3. The average Bonchev–Trinajstić information content (AvgIpc) is 2.61. The van der Waals surface area contributed by atoms with E-state index in [4.69, 9.17) is 10.2 Å². The van der Waals surface area contributed by atoms with Crippen molar-refractivity contribution in [3.63, 3.8) is 0 Å². The Bertz CT molecular complexity index is 784. The number of rotatable bonds is 10. The molecule has 0 saturated carbocycles.